The average molecular weight is 340 g/mol. The van der Waals surface area contributed by atoms with Gasteiger partial charge in [-0.15, -0.1) is 0 Å². The van der Waals surface area contributed by atoms with Crippen molar-refractivity contribution in [2.75, 3.05) is 23.9 Å². The molecule has 0 aliphatic carbocycles. The summed E-state index contributed by atoms with van der Waals surface area (Å²) >= 11 is 0. The number of carbonyl (C=O) groups excluding carboxylic acids is 2. The van der Waals surface area contributed by atoms with Crippen molar-refractivity contribution in [2.45, 2.75) is 19.4 Å². The smallest absolute Gasteiger partial charge is 0.320 e. The van der Waals surface area contributed by atoms with Crippen LogP contribution in [0.5, 0.6) is 5.75 Å². The van der Waals surface area contributed by atoms with Crippen LogP contribution >= 0.6 is 0 Å². The predicted molar refractivity (Wildman–Crippen MR) is 94.7 cm³/mol. The number of pyridine rings is 1. The SMILES string of the molecule is COc1ccc(CNC(=O)Nc2ccc(N3CCCC3=O)cn2)cc1. The Morgan fingerprint density at radius 2 is 2.04 bits per heavy atom. The molecular formula is C18H20N4O3. The number of nitrogens with zero attached hydrogens (tertiary/aromatic N) is 2. The van der Waals surface area contributed by atoms with Gasteiger partial charge >= 0.3 is 6.03 Å². The maximum atomic E-state index is 12.0. The number of anilines is 2. The molecule has 1 fully saturated rings. The molecule has 2 aromatic rings. The van der Waals surface area contributed by atoms with E-state index in [1.807, 2.05) is 24.3 Å². The third kappa shape index (κ3) is 4.26. The van der Waals surface area contributed by atoms with Gasteiger partial charge in [0.25, 0.3) is 0 Å². The summed E-state index contributed by atoms with van der Waals surface area (Å²) in [5.74, 6) is 1.32. The summed E-state index contributed by atoms with van der Waals surface area (Å²) in [6.07, 6.45) is 3.04. The molecule has 0 atom stereocenters. The van der Waals surface area contributed by atoms with Gasteiger partial charge in [-0.25, -0.2) is 9.78 Å². The zero-order valence-electron chi connectivity index (χ0n) is 14.0. The van der Waals surface area contributed by atoms with Crippen molar-refractivity contribution in [1.82, 2.24) is 10.3 Å². The Balaban J connectivity index is 1.51. The highest BCUT2D eigenvalue weighted by atomic mass is 16.5. The lowest BCUT2D eigenvalue weighted by atomic mass is 10.2. The van der Waals surface area contributed by atoms with Crippen LogP contribution in [0.4, 0.5) is 16.3 Å². The van der Waals surface area contributed by atoms with E-state index in [0.29, 0.717) is 18.8 Å². The number of nitrogens with one attached hydrogen (secondary N) is 2. The van der Waals surface area contributed by atoms with Crippen LogP contribution in [0.2, 0.25) is 0 Å². The second-order valence-electron chi connectivity index (χ2n) is 5.71. The van der Waals surface area contributed by atoms with Crippen molar-refractivity contribution in [3.8, 4) is 5.75 Å². The fourth-order valence-electron chi connectivity index (χ4n) is 2.63. The molecule has 0 saturated carbocycles. The maximum Gasteiger partial charge on any atom is 0.320 e. The standard InChI is InChI=1S/C18H20N4O3/c1-25-15-7-4-13(5-8-15)11-20-18(24)21-16-9-6-14(12-19-16)22-10-2-3-17(22)23/h4-9,12H,2-3,10-11H2,1H3,(H2,19,20,21,24). The van der Waals surface area contributed by atoms with E-state index in [4.69, 9.17) is 4.74 Å². The number of amides is 3. The van der Waals surface area contributed by atoms with Crippen LogP contribution in [0.1, 0.15) is 18.4 Å². The Hall–Kier alpha value is -3.09. The molecule has 130 valence electrons. The Labute approximate surface area is 146 Å². The number of urea groups is 1. The Morgan fingerprint density at radius 3 is 2.64 bits per heavy atom. The summed E-state index contributed by atoms with van der Waals surface area (Å²) in [7, 11) is 1.61. The number of benzene rings is 1. The van der Waals surface area contributed by atoms with Crippen LogP contribution < -0.4 is 20.3 Å². The molecular weight excluding hydrogens is 320 g/mol. The van der Waals surface area contributed by atoms with Crippen LogP contribution in [0.25, 0.3) is 0 Å². The molecule has 1 aromatic carbocycles. The monoisotopic (exact) mass is 340 g/mol. The first-order valence-electron chi connectivity index (χ1n) is 8.10. The van der Waals surface area contributed by atoms with Crippen molar-refractivity contribution in [2.24, 2.45) is 0 Å². The van der Waals surface area contributed by atoms with E-state index >= 15 is 0 Å². The highest BCUT2D eigenvalue weighted by molar-refractivity contribution is 5.95. The lowest BCUT2D eigenvalue weighted by Gasteiger charge is -2.15. The topological polar surface area (TPSA) is 83.6 Å². The molecule has 1 aromatic heterocycles. The Morgan fingerprint density at radius 1 is 1.24 bits per heavy atom. The molecule has 0 spiro atoms. The van der Waals surface area contributed by atoms with E-state index in [1.165, 1.54) is 0 Å². The number of aromatic nitrogens is 1. The molecule has 0 radical (unpaired) electrons. The van der Waals surface area contributed by atoms with Gasteiger partial charge in [0.15, 0.2) is 0 Å². The molecule has 1 aliphatic rings. The van der Waals surface area contributed by atoms with E-state index in [-0.39, 0.29) is 11.9 Å². The Bertz CT molecular complexity index is 744. The summed E-state index contributed by atoms with van der Waals surface area (Å²) < 4.78 is 5.09. The van der Waals surface area contributed by atoms with Crippen molar-refractivity contribution >= 4 is 23.4 Å². The summed E-state index contributed by atoms with van der Waals surface area (Å²) in [5, 5.41) is 5.44. The first-order chi connectivity index (χ1) is 12.2. The third-order valence-electron chi connectivity index (χ3n) is 3.99. The molecule has 2 heterocycles. The number of rotatable bonds is 5. The average Bonchev–Trinajstić information content (AvgIpc) is 3.07. The molecule has 7 nitrogen and oxygen atoms in total. The van der Waals surface area contributed by atoms with Gasteiger partial charge in [-0.2, -0.15) is 0 Å². The molecule has 0 unspecified atom stereocenters. The summed E-state index contributed by atoms with van der Waals surface area (Å²) in [5.41, 5.74) is 1.72. The first kappa shape index (κ1) is 16.8. The molecule has 1 aliphatic heterocycles. The highest BCUT2D eigenvalue weighted by Crippen LogP contribution is 2.21. The predicted octanol–water partition coefficient (Wildman–Crippen LogP) is 2.54. The second-order valence-corrected chi connectivity index (χ2v) is 5.71. The van der Waals surface area contributed by atoms with E-state index < -0.39 is 0 Å². The second kappa shape index (κ2) is 7.65. The molecule has 1 saturated heterocycles. The first-order valence-corrected chi connectivity index (χ1v) is 8.10. The van der Waals surface area contributed by atoms with Gasteiger partial charge in [0, 0.05) is 19.5 Å². The van der Waals surface area contributed by atoms with Gasteiger partial charge in [-0.3, -0.25) is 10.1 Å². The number of methoxy groups -OCH3 is 1. The highest BCUT2D eigenvalue weighted by Gasteiger charge is 2.21. The normalized spacial score (nSPS) is 13.6. The lowest BCUT2D eigenvalue weighted by molar-refractivity contribution is -0.117. The van der Waals surface area contributed by atoms with Crippen LogP contribution in [0.3, 0.4) is 0 Å². The minimum atomic E-state index is -0.340. The minimum absolute atomic E-state index is 0.111. The van der Waals surface area contributed by atoms with Gasteiger partial charge in [0.1, 0.15) is 11.6 Å². The number of carbonyl (C=O) groups is 2. The van der Waals surface area contributed by atoms with Crippen molar-refractivity contribution in [3.63, 3.8) is 0 Å². The Kier molecular flexibility index (Phi) is 5.13. The van der Waals surface area contributed by atoms with Crippen LogP contribution in [-0.2, 0) is 11.3 Å². The summed E-state index contributed by atoms with van der Waals surface area (Å²) in [6, 6.07) is 10.6. The van der Waals surface area contributed by atoms with Crippen LogP contribution in [0.15, 0.2) is 42.6 Å². The van der Waals surface area contributed by atoms with Gasteiger partial charge in [-0.1, -0.05) is 12.1 Å². The molecule has 2 N–H and O–H groups in total. The third-order valence-corrected chi connectivity index (χ3v) is 3.99. The molecule has 0 bridgehead atoms. The van der Waals surface area contributed by atoms with Crippen LogP contribution in [-0.4, -0.2) is 30.6 Å². The van der Waals surface area contributed by atoms with E-state index in [9.17, 15) is 9.59 Å². The minimum Gasteiger partial charge on any atom is -0.497 e. The van der Waals surface area contributed by atoms with E-state index in [2.05, 4.69) is 15.6 Å². The van der Waals surface area contributed by atoms with Gasteiger partial charge in [0.2, 0.25) is 5.91 Å². The quantitative estimate of drug-likeness (QED) is 0.876. The number of ether oxygens (including phenoxy) is 1. The molecule has 3 amide bonds. The zero-order chi connectivity index (χ0) is 17.6. The van der Waals surface area contributed by atoms with Crippen molar-refractivity contribution in [3.05, 3.63) is 48.2 Å². The van der Waals surface area contributed by atoms with E-state index in [1.54, 1.807) is 30.3 Å². The summed E-state index contributed by atoms with van der Waals surface area (Å²) in [4.78, 5) is 29.6. The molecule has 3 rings (SSSR count). The fraction of sp³-hybridized carbons (Fsp3) is 0.278. The number of hydrogen-bond acceptors (Lipinski definition) is 4. The molecule has 7 heteroatoms. The maximum absolute atomic E-state index is 12.0. The fourth-order valence-corrected chi connectivity index (χ4v) is 2.63. The van der Waals surface area contributed by atoms with Gasteiger partial charge in [0.05, 0.1) is 19.0 Å². The van der Waals surface area contributed by atoms with Crippen molar-refractivity contribution < 1.29 is 14.3 Å². The lowest BCUT2D eigenvalue weighted by Crippen LogP contribution is -2.28. The van der Waals surface area contributed by atoms with Gasteiger partial charge < -0.3 is 15.0 Å². The van der Waals surface area contributed by atoms with E-state index in [0.717, 1.165) is 30.0 Å². The number of hydrogen-bond donors (Lipinski definition) is 2. The zero-order valence-corrected chi connectivity index (χ0v) is 14.0. The molecule has 25 heavy (non-hydrogen) atoms. The van der Waals surface area contributed by atoms with Crippen molar-refractivity contribution in [1.29, 1.82) is 0 Å². The summed E-state index contributed by atoms with van der Waals surface area (Å²) in [6.45, 7) is 1.12. The largest absolute Gasteiger partial charge is 0.497 e. The van der Waals surface area contributed by atoms with Gasteiger partial charge in [-0.05, 0) is 36.2 Å². The van der Waals surface area contributed by atoms with Crippen LogP contribution in [0, 0.1) is 0 Å².